The van der Waals surface area contributed by atoms with E-state index in [9.17, 15) is 4.79 Å². The van der Waals surface area contributed by atoms with Gasteiger partial charge in [0, 0.05) is 31.0 Å². The van der Waals surface area contributed by atoms with E-state index in [1.165, 1.54) is 0 Å². The monoisotopic (exact) mass is 264 g/mol. The van der Waals surface area contributed by atoms with Crippen LogP contribution in [0.1, 0.15) is 37.4 Å². The molecule has 1 amide bonds. The zero-order chi connectivity index (χ0) is 14.5. The average molecular weight is 264 g/mol. The lowest BCUT2D eigenvalue weighted by Crippen LogP contribution is -2.37. The lowest BCUT2D eigenvalue weighted by atomic mass is 9.94. The highest BCUT2D eigenvalue weighted by Crippen LogP contribution is 2.18. The van der Waals surface area contributed by atoms with Gasteiger partial charge in [-0.25, -0.2) is 0 Å². The lowest BCUT2D eigenvalue weighted by molar-refractivity contribution is -0.122. The molecule has 0 saturated carbocycles. The summed E-state index contributed by atoms with van der Waals surface area (Å²) in [7, 11) is 0. The van der Waals surface area contributed by atoms with E-state index in [0.29, 0.717) is 6.54 Å². The maximum atomic E-state index is 11.8. The molecule has 4 N–H and O–H groups in total. The number of rotatable bonds is 6. The fourth-order valence-electron chi connectivity index (χ4n) is 1.78. The number of aliphatic hydroxyl groups is 1. The van der Waals surface area contributed by atoms with Gasteiger partial charge in [-0.15, -0.1) is 0 Å². The summed E-state index contributed by atoms with van der Waals surface area (Å²) in [6, 6.07) is 7.52. The molecule has 4 nitrogen and oxygen atoms in total. The SMILES string of the molecule is Cc1ccccc1[C@@H](N)CC(=O)NCC(C)(C)CO. The van der Waals surface area contributed by atoms with E-state index in [1.54, 1.807) is 0 Å². The van der Waals surface area contributed by atoms with Gasteiger partial charge in [0.1, 0.15) is 0 Å². The number of benzene rings is 1. The van der Waals surface area contributed by atoms with Crippen molar-refractivity contribution in [3.8, 4) is 0 Å². The zero-order valence-electron chi connectivity index (χ0n) is 11.9. The predicted octanol–water partition coefficient (Wildman–Crippen LogP) is 1.52. The lowest BCUT2D eigenvalue weighted by Gasteiger charge is -2.22. The second-order valence-corrected chi connectivity index (χ2v) is 5.77. The van der Waals surface area contributed by atoms with E-state index in [-0.39, 0.29) is 30.4 Å². The summed E-state index contributed by atoms with van der Waals surface area (Å²) in [5.41, 5.74) is 7.85. The number of hydrogen-bond acceptors (Lipinski definition) is 3. The summed E-state index contributed by atoms with van der Waals surface area (Å²) >= 11 is 0. The average Bonchev–Trinajstić information content (AvgIpc) is 2.37. The third-order valence-corrected chi connectivity index (χ3v) is 3.19. The molecule has 0 spiro atoms. The van der Waals surface area contributed by atoms with Gasteiger partial charge in [0.2, 0.25) is 5.91 Å². The molecule has 0 saturated heterocycles. The normalized spacial score (nSPS) is 13.1. The molecule has 106 valence electrons. The Hall–Kier alpha value is -1.39. The van der Waals surface area contributed by atoms with Crippen molar-refractivity contribution in [2.45, 2.75) is 33.2 Å². The van der Waals surface area contributed by atoms with Crippen LogP contribution < -0.4 is 11.1 Å². The van der Waals surface area contributed by atoms with Crippen LogP contribution in [0.15, 0.2) is 24.3 Å². The summed E-state index contributed by atoms with van der Waals surface area (Å²) in [6.45, 7) is 6.27. The molecule has 0 aliphatic carbocycles. The summed E-state index contributed by atoms with van der Waals surface area (Å²) in [6.07, 6.45) is 0.256. The second-order valence-electron chi connectivity index (χ2n) is 5.77. The standard InChI is InChI=1S/C15H24N2O2/c1-11-6-4-5-7-12(11)13(16)8-14(19)17-9-15(2,3)10-18/h4-7,13,18H,8-10,16H2,1-3H3,(H,17,19)/t13-/m0/s1. The van der Waals surface area contributed by atoms with E-state index in [4.69, 9.17) is 10.8 Å². The van der Waals surface area contributed by atoms with Gasteiger partial charge in [0.25, 0.3) is 0 Å². The molecule has 1 rings (SSSR count). The minimum Gasteiger partial charge on any atom is -0.396 e. The first-order valence-electron chi connectivity index (χ1n) is 6.54. The maximum absolute atomic E-state index is 11.8. The number of nitrogens with two attached hydrogens (primary N) is 1. The number of carbonyl (C=O) groups is 1. The summed E-state index contributed by atoms with van der Waals surface area (Å²) < 4.78 is 0. The molecule has 0 heterocycles. The second kappa shape index (κ2) is 6.68. The topological polar surface area (TPSA) is 75.4 Å². The molecule has 0 aliphatic heterocycles. The van der Waals surface area contributed by atoms with Crippen molar-refractivity contribution in [1.29, 1.82) is 0 Å². The molecule has 1 aromatic rings. The van der Waals surface area contributed by atoms with E-state index in [2.05, 4.69) is 5.32 Å². The molecule has 0 bridgehead atoms. The van der Waals surface area contributed by atoms with Gasteiger partial charge >= 0.3 is 0 Å². The Morgan fingerprint density at radius 3 is 2.63 bits per heavy atom. The van der Waals surface area contributed by atoms with E-state index in [1.807, 2.05) is 45.0 Å². The van der Waals surface area contributed by atoms with Crippen LogP contribution in [0, 0.1) is 12.3 Å². The van der Waals surface area contributed by atoms with Crippen LogP contribution >= 0.6 is 0 Å². The third-order valence-electron chi connectivity index (χ3n) is 3.19. The molecule has 1 atom stereocenters. The van der Waals surface area contributed by atoms with Crippen molar-refractivity contribution >= 4 is 5.91 Å². The van der Waals surface area contributed by atoms with Gasteiger partial charge in [0.15, 0.2) is 0 Å². The molecule has 0 aromatic heterocycles. The van der Waals surface area contributed by atoms with Gasteiger partial charge in [-0.1, -0.05) is 38.1 Å². The fraction of sp³-hybridized carbons (Fsp3) is 0.533. The summed E-state index contributed by atoms with van der Waals surface area (Å²) in [4.78, 5) is 11.8. The van der Waals surface area contributed by atoms with Crippen molar-refractivity contribution in [2.75, 3.05) is 13.2 Å². The van der Waals surface area contributed by atoms with Crippen molar-refractivity contribution in [1.82, 2.24) is 5.32 Å². The Morgan fingerprint density at radius 2 is 2.05 bits per heavy atom. The molecule has 0 radical (unpaired) electrons. The number of aryl methyl sites for hydroxylation is 1. The molecule has 19 heavy (non-hydrogen) atoms. The Labute approximate surface area is 115 Å². The number of carbonyl (C=O) groups excluding carboxylic acids is 1. The number of nitrogens with one attached hydrogen (secondary N) is 1. The van der Waals surface area contributed by atoms with Crippen molar-refractivity contribution in [3.63, 3.8) is 0 Å². The Balaban J connectivity index is 2.51. The predicted molar refractivity (Wildman–Crippen MR) is 76.6 cm³/mol. The minimum atomic E-state index is -0.303. The highest BCUT2D eigenvalue weighted by atomic mass is 16.3. The zero-order valence-corrected chi connectivity index (χ0v) is 11.9. The number of aliphatic hydroxyl groups excluding tert-OH is 1. The van der Waals surface area contributed by atoms with Gasteiger partial charge in [0.05, 0.1) is 0 Å². The van der Waals surface area contributed by atoms with Gasteiger partial charge < -0.3 is 16.2 Å². The van der Waals surface area contributed by atoms with E-state index >= 15 is 0 Å². The Morgan fingerprint density at radius 1 is 1.42 bits per heavy atom. The van der Waals surface area contributed by atoms with Crippen LogP contribution in [0.25, 0.3) is 0 Å². The molecular formula is C15H24N2O2. The van der Waals surface area contributed by atoms with Crippen molar-refractivity contribution < 1.29 is 9.90 Å². The molecule has 0 fully saturated rings. The number of hydrogen-bond donors (Lipinski definition) is 3. The van der Waals surface area contributed by atoms with Crippen molar-refractivity contribution in [3.05, 3.63) is 35.4 Å². The Bertz CT molecular complexity index is 430. The number of amides is 1. The molecule has 0 aliphatic rings. The van der Waals surface area contributed by atoms with Crippen molar-refractivity contribution in [2.24, 2.45) is 11.1 Å². The largest absolute Gasteiger partial charge is 0.396 e. The quantitative estimate of drug-likeness (QED) is 0.729. The first kappa shape index (κ1) is 15.7. The minimum absolute atomic E-state index is 0.0388. The molecule has 0 unspecified atom stereocenters. The van der Waals surface area contributed by atoms with E-state index in [0.717, 1.165) is 11.1 Å². The van der Waals surface area contributed by atoms with Gasteiger partial charge in [-0.3, -0.25) is 4.79 Å². The maximum Gasteiger partial charge on any atom is 0.221 e. The highest BCUT2D eigenvalue weighted by Gasteiger charge is 2.19. The summed E-state index contributed by atoms with van der Waals surface area (Å²) in [5.74, 6) is -0.0859. The van der Waals surface area contributed by atoms with Crippen LogP contribution in [0.3, 0.4) is 0 Å². The van der Waals surface area contributed by atoms with Crippen LogP contribution in [0.4, 0.5) is 0 Å². The van der Waals surface area contributed by atoms with Crippen LogP contribution in [-0.2, 0) is 4.79 Å². The third kappa shape index (κ3) is 5.01. The fourth-order valence-corrected chi connectivity index (χ4v) is 1.78. The molecule has 1 aromatic carbocycles. The van der Waals surface area contributed by atoms with E-state index < -0.39 is 0 Å². The van der Waals surface area contributed by atoms with Crippen LogP contribution in [-0.4, -0.2) is 24.2 Å². The van der Waals surface area contributed by atoms with Crippen LogP contribution in [0.2, 0.25) is 0 Å². The first-order chi connectivity index (χ1) is 8.85. The highest BCUT2D eigenvalue weighted by molar-refractivity contribution is 5.76. The van der Waals surface area contributed by atoms with Crippen LogP contribution in [0.5, 0.6) is 0 Å². The smallest absolute Gasteiger partial charge is 0.221 e. The molecular weight excluding hydrogens is 240 g/mol. The van der Waals surface area contributed by atoms with Gasteiger partial charge in [-0.05, 0) is 18.1 Å². The van der Waals surface area contributed by atoms with Gasteiger partial charge in [-0.2, -0.15) is 0 Å². The molecule has 4 heteroatoms. The summed E-state index contributed by atoms with van der Waals surface area (Å²) in [5, 5.41) is 11.9. The Kier molecular flexibility index (Phi) is 5.51. The first-order valence-corrected chi connectivity index (χ1v) is 6.54.